The Bertz CT molecular complexity index is 462. The molecule has 4 heteroatoms. The first-order chi connectivity index (χ1) is 7.97. The molecule has 1 aliphatic rings. The number of hydrogen-bond donors (Lipinski definition) is 1. The Kier molecular flexibility index (Phi) is 2.88. The van der Waals surface area contributed by atoms with Crippen LogP contribution in [0.2, 0.25) is 0 Å². The average molecular weight is 232 g/mol. The van der Waals surface area contributed by atoms with Crippen LogP contribution in [0.5, 0.6) is 0 Å². The van der Waals surface area contributed by atoms with E-state index in [1.165, 1.54) is 11.9 Å². The summed E-state index contributed by atoms with van der Waals surface area (Å²) in [6, 6.07) is 5.60. The molecule has 1 saturated heterocycles. The molecule has 2 amide bonds. The summed E-state index contributed by atoms with van der Waals surface area (Å²) in [5.41, 5.74) is 3.17. The minimum atomic E-state index is -0.423. The van der Waals surface area contributed by atoms with Crippen molar-refractivity contribution < 1.29 is 9.59 Å². The molecule has 1 aromatic carbocycles. The van der Waals surface area contributed by atoms with E-state index < -0.39 is 6.04 Å². The lowest BCUT2D eigenvalue weighted by atomic mass is 10.1. The maximum absolute atomic E-state index is 11.7. The van der Waals surface area contributed by atoms with Crippen molar-refractivity contribution in [3.8, 4) is 0 Å². The number of aryl methyl sites for hydroxylation is 2. The van der Waals surface area contributed by atoms with E-state index in [4.69, 9.17) is 0 Å². The molecule has 0 aliphatic carbocycles. The Labute approximate surface area is 101 Å². The van der Waals surface area contributed by atoms with Crippen molar-refractivity contribution in [1.29, 1.82) is 0 Å². The molecule has 1 N–H and O–H groups in total. The molecule has 0 aromatic heterocycles. The highest BCUT2D eigenvalue weighted by molar-refractivity contribution is 6.06. The Morgan fingerprint density at radius 3 is 2.24 bits per heavy atom. The fourth-order valence-electron chi connectivity index (χ4n) is 2.13. The molecule has 0 spiro atoms. The second kappa shape index (κ2) is 4.20. The molecular weight excluding hydrogens is 216 g/mol. The highest BCUT2D eigenvalue weighted by Crippen LogP contribution is 2.19. The zero-order valence-corrected chi connectivity index (χ0v) is 10.3. The summed E-state index contributed by atoms with van der Waals surface area (Å²) in [5, 5.41) is 3.12. The summed E-state index contributed by atoms with van der Waals surface area (Å²) < 4.78 is 0. The van der Waals surface area contributed by atoms with Gasteiger partial charge in [0.15, 0.2) is 0 Å². The molecule has 1 fully saturated rings. The van der Waals surface area contributed by atoms with Crippen molar-refractivity contribution in [2.75, 3.05) is 12.4 Å². The quantitative estimate of drug-likeness (QED) is 0.786. The Balaban J connectivity index is 2.16. The number of nitrogens with one attached hydrogen (secondary N) is 1. The van der Waals surface area contributed by atoms with Gasteiger partial charge in [0.05, 0.1) is 6.42 Å². The fourth-order valence-corrected chi connectivity index (χ4v) is 2.13. The van der Waals surface area contributed by atoms with Crippen molar-refractivity contribution >= 4 is 17.5 Å². The van der Waals surface area contributed by atoms with Gasteiger partial charge in [0.25, 0.3) is 5.91 Å². The van der Waals surface area contributed by atoms with E-state index in [0.29, 0.717) is 0 Å². The van der Waals surface area contributed by atoms with Gasteiger partial charge in [-0.2, -0.15) is 0 Å². The number of likely N-dealkylation sites (N-methyl/N-ethyl adjacent to an activating group) is 1. The third-order valence-electron chi connectivity index (χ3n) is 2.94. The molecule has 0 saturated carbocycles. The van der Waals surface area contributed by atoms with Crippen molar-refractivity contribution in [1.82, 2.24) is 4.90 Å². The Hall–Kier alpha value is -1.84. The number of hydrogen-bond acceptors (Lipinski definition) is 3. The largest absolute Gasteiger partial charge is 0.373 e. The van der Waals surface area contributed by atoms with Crippen molar-refractivity contribution in [3.63, 3.8) is 0 Å². The fraction of sp³-hybridized carbons (Fsp3) is 0.385. The maximum Gasteiger partial charge on any atom is 0.251 e. The molecular formula is C13H16N2O2. The molecule has 0 radical (unpaired) electrons. The molecule has 1 unspecified atom stereocenters. The minimum Gasteiger partial charge on any atom is -0.373 e. The third-order valence-corrected chi connectivity index (χ3v) is 2.94. The van der Waals surface area contributed by atoms with Crippen LogP contribution in [0.1, 0.15) is 17.5 Å². The molecule has 0 bridgehead atoms. The van der Waals surface area contributed by atoms with Gasteiger partial charge in [-0.1, -0.05) is 6.07 Å². The number of amides is 2. The van der Waals surface area contributed by atoms with Crippen LogP contribution in [0.25, 0.3) is 0 Å². The predicted octanol–water partition coefficient (Wildman–Crippen LogP) is 1.47. The highest BCUT2D eigenvalue weighted by Gasteiger charge is 2.35. The van der Waals surface area contributed by atoms with Gasteiger partial charge in [-0.25, -0.2) is 0 Å². The second-order valence-corrected chi connectivity index (χ2v) is 4.57. The number of anilines is 1. The smallest absolute Gasteiger partial charge is 0.251 e. The van der Waals surface area contributed by atoms with Gasteiger partial charge in [0, 0.05) is 12.7 Å². The van der Waals surface area contributed by atoms with Crippen molar-refractivity contribution in [2.24, 2.45) is 0 Å². The number of imide groups is 1. The third kappa shape index (κ3) is 2.30. The van der Waals surface area contributed by atoms with E-state index >= 15 is 0 Å². The Morgan fingerprint density at radius 1 is 1.18 bits per heavy atom. The van der Waals surface area contributed by atoms with Crippen LogP contribution in [0, 0.1) is 13.8 Å². The molecule has 4 nitrogen and oxygen atoms in total. The summed E-state index contributed by atoms with van der Waals surface area (Å²) in [5.74, 6) is -0.286. The molecule has 1 aliphatic heterocycles. The van der Waals surface area contributed by atoms with Crippen LogP contribution in [0.15, 0.2) is 18.2 Å². The molecule has 1 aromatic rings. The SMILES string of the molecule is Cc1cc(C)cc(NC2CC(=O)N(C)C2=O)c1. The lowest BCUT2D eigenvalue weighted by Gasteiger charge is -2.13. The molecule has 90 valence electrons. The molecule has 17 heavy (non-hydrogen) atoms. The summed E-state index contributed by atoms with van der Waals surface area (Å²) >= 11 is 0. The number of carbonyl (C=O) groups excluding carboxylic acids is 2. The van der Waals surface area contributed by atoms with Crippen molar-refractivity contribution in [3.05, 3.63) is 29.3 Å². The summed E-state index contributed by atoms with van der Waals surface area (Å²) in [4.78, 5) is 24.3. The Morgan fingerprint density at radius 2 is 1.76 bits per heavy atom. The van der Waals surface area contributed by atoms with Gasteiger partial charge in [0.1, 0.15) is 6.04 Å². The van der Waals surface area contributed by atoms with Crippen LogP contribution in [-0.4, -0.2) is 29.8 Å². The lowest BCUT2D eigenvalue weighted by Crippen LogP contribution is -2.31. The van der Waals surface area contributed by atoms with Gasteiger partial charge < -0.3 is 5.32 Å². The zero-order chi connectivity index (χ0) is 12.6. The average Bonchev–Trinajstić information content (AvgIpc) is 2.45. The topological polar surface area (TPSA) is 49.4 Å². The van der Waals surface area contributed by atoms with Gasteiger partial charge in [-0.15, -0.1) is 0 Å². The van der Waals surface area contributed by atoms with Crippen LogP contribution in [0.4, 0.5) is 5.69 Å². The number of benzene rings is 1. The van der Waals surface area contributed by atoms with Crippen molar-refractivity contribution in [2.45, 2.75) is 26.3 Å². The van der Waals surface area contributed by atoms with E-state index in [1.54, 1.807) is 0 Å². The van der Waals surface area contributed by atoms with E-state index in [2.05, 4.69) is 11.4 Å². The van der Waals surface area contributed by atoms with E-state index in [-0.39, 0.29) is 18.2 Å². The minimum absolute atomic E-state index is 0.128. The van der Waals surface area contributed by atoms with Gasteiger partial charge in [0.2, 0.25) is 5.91 Å². The molecule has 1 heterocycles. The van der Waals surface area contributed by atoms with Gasteiger partial charge in [-0.3, -0.25) is 14.5 Å². The predicted molar refractivity (Wildman–Crippen MR) is 65.7 cm³/mol. The number of likely N-dealkylation sites (tertiary alicyclic amines) is 1. The maximum atomic E-state index is 11.7. The van der Waals surface area contributed by atoms with E-state index in [0.717, 1.165) is 16.8 Å². The van der Waals surface area contributed by atoms with Crippen LogP contribution in [-0.2, 0) is 9.59 Å². The number of nitrogens with zero attached hydrogens (tertiary/aromatic N) is 1. The summed E-state index contributed by atoms with van der Waals surface area (Å²) in [6.45, 7) is 4.01. The lowest BCUT2D eigenvalue weighted by molar-refractivity contribution is -0.136. The van der Waals surface area contributed by atoms with Gasteiger partial charge >= 0.3 is 0 Å². The molecule has 2 rings (SSSR count). The monoisotopic (exact) mass is 232 g/mol. The molecule has 1 atom stereocenters. The first-order valence-corrected chi connectivity index (χ1v) is 5.62. The van der Waals surface area contributed by atoms with Crippen LogP contribution in [0.3, 0.4) is 0 Å². The number of rotatable bonds is 2. The summed E-state index contributed by atoms with van der Waals surface area (Å²) in [7, 11) is 1.52. The standard InChI is InChI=1S/C13H16N2O2/c1-8-4-9(2)6-10(5-8)14-11-7-12(16)15(3)13(11)17/h4-6,11,14H,7H2,1-3H3. The van der Waals surface area contributed by atoms with Gasteiger partial charge in [-0.05, 0) is 37.1 Å². The highest BCUT2D eigenvalue weighted by atomic mass is 16.2. The van der Waals surface area contributed by atoms with Crippen LogP contribution >= 0.6 is 0 Å². The van der Waals surface area contributed by atoms with E-state index in [1.807, 2.05) is 26.0 Å². The van der Waals surface area contributed by atoms with E-state index in [9.17, 15) is 9.59 Å². The van der Waals surface area contributed by atoms with Crippen LogP contribution < -0.4 is 5.32 Å². The first-order valence-electron chi connectivity index (χ1n) is 5.62. The zero-order valence-electron chi connectivity index (χ0n) is 10.3. The number of carbonyl (C=O) groups is 2. The summed E-state index contributed by atoms with van der Waals surface area (Å²) in [6.07, 6.45) is 0.238. The first kappa shape index (κ1) is 11.6. The second-order valence-electron chi connectivity index (χ2n) is 4.57. The normalized spacial score (nSPS) is 19.9.